The van der Waals surface area contributed by atoms with Gasteiger partial charge in [-0.15, -0.1) is 0 Å². The quantitative estimate of drug-likeness (QED) is 0.914. The molecule has 0 radical (unpaired) electrons. The van der Waals surface area contributed by atoms with E-state index in [4.69, 9.17) is 16.3 Å². The Morgan fingerprint density at radius 2 is 2.11 bits per heavy atom. The van der Waals surface area contributed by atoms with Crippen molar-refractivity contribution in [3.8, 4) is 11.6 Å². The van der Waals surface area contributed by atoms with Gasteiger partial charge < -0.3 is 9.84 Å². The molecule has 0 spiro atoms. The van der Waals surface area contributed by atoms with Gasteiger partial charge in [-0.2, -0.15) is 0 Å². The number of rotatable bonds is 3. The number of hydrogen-bond donors (Lipinski definition) is 1. The van der Waals surface area contributed by atoms with E-state index in [9.17, 15) is 5.11 Å². The highest BCUT2D eigenvalue weighted by atomic mass is 35.5. The first-order valence-corrected chi connectivity index (χ1v) is 6.02. The minimum Gasteiger partial charge on any atom is -0.438 e. The van der Waals surface area contributed by atoms with Crippen LogP contribution < -0.4 is 4.74 Å². The van der Waals surface area contributed by atoms with Crippen molar-refractivity contribution in [2.45, 2.75) is 20.0 Å². The van der Waals surface area contributed by atoms with Gasteiger partial charge in [0.1, 0.15) is 5.75 Å². The molecule has 1 aromatic heterocycles. The number of aliphatic hydroxyl groups is 1. The Morgan fingerprint density at radius 1 is 1.33 bits per heavy atom. The van der Waals surface area contributed by atoms with Crippen molar-refractivity contribution in [1.82, 2.24) is 4.98 Å². The van der Waals surface area contributed by atoms with Gasteiger partial charge in [-0.3, -0.25) is 0 Å². The Balaban J connectivity index is 2.34. The van der Waals surface area contributed by atoms with Crippen LogP contribution in [0.2, 0.25) is 5.02 Å². The molecule has 94 valence electrons. The maximum Gasteiger partial charge on any atom is 0.225 e. The topological polar surface area (TPSA) is 42.4 Å². The predicted octanol–water partition coefficient (Wildman–Crippen LogP) is 3.89. The van der Waals surface area contributed by atoms with Gasteiger partial charge >= 0.3 is 0 Å². The highest BCUT2D eigenvalue weighted by Crippen LogP contribution is 2.30. The first-order chi connectivity index (χ1) is 8.58. The summed E-state index contributed by atoms with van der Waals surface area (Å²) < 4.78 is 5.73. The van der Waals surface area contributed by atoms with Crippen LogP contribution in [0.1, 0.15) is 24.2 Å². The monoisotopic (exact) mass is 263 g/mol. The fourth-order valence-corrected chi connectivity index (χ4v) is 1.86. The Bertz CT molecular complexity index is 555. The summed E-state index contributed by atoms with van der Waals surface area (Å²) in [5, 5.41) is 10.3. The molecule has 0 bridgehead atoms. The number of aryl methyl sites for hydroxylation is 1. The minimum atomic E-state index is -0.624. The van der Waals surface area contributed by atoms with E-state index in [2.05, 4.69) is 4.98 Å². The summed E-state index contributed by atoms with van der Waals surface area (Å²) in [6, 6.07) is 8.93. The average Bonchev–Trinajstić information content (AvgIpc) is 2.33. The highest BCUT2D eigenvalue weighted by molar-refractivity contribution is 6.30. The number of halogens is 1. The van der Waals surface area contributed by atoms with Crippen molar-refractivity contribution >= 4 is 11.6 Å². The van der Waals surface area contributed by atoms with Crippen LogP contribution in [0.5, 0.6) is 11.6 Å². The number of hydrogen-bond acceptors (Lipinski definition) is 3. The largest absolute Gasteiger partial charge is 0.438 e. The lowest BCUT2D eigenvalue weighted by atomic mass is 10.2. The maximum absolute atomic E-state index is 9.65. The second-order valence-electron chi connectivity index (χ2n) is 4.09. The van der Waals surface area contributed by atoms with Crippen LogP contribution in [0.4, 0.5) is 0 Å². The van der Waals surface area contributed by atoms with Gasteiger partial charge in [0, 0.05) is 16.8 Å². The Kier molecular flexibility index (Phi) is 3.84. The van der Waals surface area contributed by atoms with E-state index in [1.807, 2.05) is 13.0 Å². The number of aliphatic hydroxyl groups excluding tert-OH is 1. The van der Waals surface area contributed by atoms with E-state index >= 15 is 0 Å². The van der Waals surface area contributed by atoms with E-state index in [0.717, 1.165) is 5.56 Å². The van der Waals surface area contributed by atoms with Gasteiger partial charge in [0.2, 0.25) is 5.88 Å². The first kappa shape index (κ1) is 12.9. The molecule has 0 unspecified atom stereocenters. The molecule has 0 aliphatic carbocycles. The van der Waals surface area contributed by atoms with Crippen molar-refractivity contribution in [3.63, 3.8) is 0 Å². The standard InChI is InChI=1S/C14H14ClNO2/c1-9-8-11(15)5-6-13(9)18-14-12(10(2)17)4-3-7-16-14/h3-8,10,17H,1-2H3/t10-/m1/s1. The van der Waals surface area contributed by atoms with Gasteiger partial charge in [-0.05, 0) is 49.7 Å². The van der Waals surface area contributed by atoms with Gasteiger partial charge in [0.25, 0.3) is 0 Å². The smallest absolute Gasteiger partial charge is 0.225 e. The molecule has 0 aliphatic rings. The molecule has 0 fully saturated rings. The van der Waals surface area contributed by atoms with Crippen molar-refractivity contribution in [3.05, 3.63) is 52.7 Å². The van der Waals surface area contributed by atoms with Crippen LogP contribution in [0.3, 0.4) is 0 Å². The Hall–Kier alpha value is -1.58. The molecule has 3 nitrogen and oxygen atoms in total. The molecule has 0 saturated heterocycles. The molecule has 0 amide bonds. The third-order valence-electron chi connectivity index (χ3n) is 2.59. The second-order valence-corrected chi connectivity index (χ2v) is 4.52. The Morgan fingerprint density at radius 3 is 2.78 bits per heavy atom. The highest BCUT2D eigenvalue weighted by Gasteiger charge is 2.11. The van der Waals surface area contributed by atoms with Crippen LogP contribution >= 0.6 is 11.6 Å². The summed E-state index contributed by atoms with van der Waals surface area (Å²) in [4.78, 5) is 4.14. The van der Waals surface area contributed by atoms with Crippen LogP contribution in [-0.2, 0) is 0 Å². The number of ether oxygens (including phenoxy) is 1. The van der Waals surface area contributed by atoms with Gasteiger partial charge in [0.05, 0.1) is 6.10 Å². The first-order valence-electron chi connectivity index (χ1n) is 5.65. The zero-order valence-electron chi connectivity index (χ0n) is 10.2. The lowest BCUT2D eigenvalue weighted by Crippen LogP contribution is -1.98. The third kappa shape index (κ3) is 2.81. The lowest BCUT2D eigenvalue weighted by Gasteiger charge is -2.13. The van der Waals surface area contributed by atoms with Gasteiger partial charge in [-0.1, -0.05) is 11.6 Å². The van der Waals surface area contributed by atoms with Crippen molar-refractivity contribution in [1.29, 1.82) is 0 Å². The number of aromatic nitrogens is 1. The van der Waals surface area contributed by atoms with E-state index in [-0.39, 0.29) is 0 Å². The molecule has 1 heterocycles. The second kappa shape index (κ2) is 5.38. The zero-order valence-corrected chi connectivity index (χ0v) is 11.0. The van der Waals surface area contributed by atoms with Crippen molar-refractivity contribution in [2.24, 2.45) is 0 Å². The number of pyridine rings is 1. The third-order valence-corrected chi connectivity index (χ3v) is 2.83. The fraction of sp³-hybridized carbons (Fsp3) is 0.214. The molecule has 0 aliphatic heterocycles. The molecule has 1 aromatic carbocycles. The van der Waals surface area contributed by atoms with Crippen LogP contribution in [0.25, 0.3) is 0 Å². The van der Waals surface area contributed by atoms with Crippen LogP contribution in [0.15, 0.2) is 36.5 Å². The SMILES string of the molecule is Cc1cc(Cl)ccc1Oc1ncccc1[C@@H](C)O. The lowest BCUT2D eigenvalue weighted by molar-refractivity contribution is 0.194. The zero-order chi connectivity index (χ0) is 13.1. The molecular weight excluding hydrogens is 250 g/mol. The molecule has 2 rings (SSSR count). The summed E-state index contributed by atoms with van der Waals surface area (Å²) in [7, 11) is 0. The van der Waals surface area contributed by atoms with Gasteiger partial charge in [0.15, 0.2) is 0 Å². The van der Waals surface area contributed by atoms with Crippen molar-refractivity contribution in [2.75, 3.05) is 0 Å². The fourth-order valence-electron chi connectivity index (χ4n) is 1.64. The molecule has 18 heavy (non-hydrogen) atoms. The normalized spacial score (nSPS) is 12.2. The summed E-state index contributed by atoms with van der Waals surface area (Å²) in [5.74, 6) is 1.10. The predicted molar refractivity (Wildman–Crippen MR) is 71.1 cm³/mol. The summed E-state index contributed by atoms with van der Waals surface area (Å²) in [6.45, 7) is 3.59. The molecule has 2 aromatic rings. The summed E-state index contributed by atoms with van der Waals surface area (Å²) in [5.41, 5.74) is 1.58. The molecule has 1 N–H and O–H groups in total. The summed E-state index contributed by atoms with van der Waals surface area (Å²) >= 11 is 5.89. The van der Waals surface area contributed by atoms with E-state index < -0.39 is 6.10 Å². The van der Waals surface area contributed by atoms with Gasteiger partial charge in [-0.25, -0.2) is 4.98 Å². The Labute approximate surface area is 111 Å². The molecule has 1 atom stereocenters. The number of nitrogens with zero attached hydrogens (tertiary/aromatic N) is 1. The van der Waals surface area contributed by atoms with E-state index in [1.165, 1.54) is 0 Å². The van der Waals surface area contributed by atoms with E-state index in [1.54, 1.807) is 37.4 Å². The molecule has 0 saturated carbocycles. The molecule has 4 heteroatoms. The minimum absolute atomic E-state index is 0.415. The van der Waals surface area contributed by atoms with Crippen LogP contribution in [-0.4, -0.2) is 10.1 Å². The van der Waals surface area contributed by atoms with E-state index in [0.29, 0.717) is 22.2 Å². The average molecular weight is 264 g/mol. The van der Waals surface area contributed by atoms with Crippen LogP contribution in [0, 0.1) is 6.92 Å². The molecular formula is C14H14ClNO2. The van der Waals surface area contributed by atoms with Crippen molar-refractivity contribution < 1.29 is 9.84 Å². The number of benzene rings is 1. The maximum atomic E-state index is 9.65. The summed E-state index contributed by atoms with van der Waals surface area (Å²) in [6.07, 6.45) is 1.01.